The predicted octanol–water partition coefficient (Wildman–Crippen LogP) is 33.3. The third-order valence-corrected chi connectivity index (χ3v) is 28.9. The van der Waals surface area contributed by atoms with Gasteiger partial charge in [0.15, 0.2) is 0 Å². The van der Waals surface area contributed by atoms with Crippen LogP contribution < -0.4 is 0 Å². The van der Waals surface area contributed by atoms with Gasteiger partial charge in [0.2, 0.25) is 0 Å². The molecule has 0 aromatic heterocycles. The SMILES string of the molecule is CCCCC(CC)CN(CC(CC)CCCC)C(=S)[S-].CCCCC(CC)CN(CC(CC)CCCC)C(=S)[S-].CCCCC(CC)CN(CC(CC)CCCC)C(=S)[S-].CCCCC(CC)CN(CC(CC)CCCC)C(=S)[S-].CCCCC(CC)CN(CC(CC)CCCC)C(=S)[S-].CCCCC(CC)CN(CC(CC)CCCC)C(=S)[S-].[Mo]. The van der Waals surface area contributed by atoms with E-state index in [4.69, 9.17) is 149 Å². The summed E-state index contributed by atoms with van der Waals surface area (Å²) in [6.45, 7) is 67.5. The van der Waals surface area contributed by atoms with Gasteiger partial charge in [-0.2, -0.15) is 0 Å². The first-order valence-electron chi connectivity index (χ1n) is 51.3. The molecule has 12 unspecified atom stereocenters. The maximum atomic E-state index is 5.32. The first kappa shape index (κ1) is 135. The standard InChI is InChI=1S/6C17H35NS2.Mo/c6*1-5-9-11-15(7-3)13-18(17(19)20)14-16(8-4)12-10-6-2;/h6*15-16H,5-14H2,1-4H3,(H,19,20);/p-6. The molecular weight excluding hydrogens is 1790 g/mol. The van der Waals surface area contributed by atoms with Crippen LogP contribution in [0.25, 0.3) is 0 Å². The van der Waals surface area contributed by atoms with Crippen LogP contribution in [0, 0.1) is 71.0 Å². The minimum Gasteiger partial charge on any atom is -0.411 e. The van der Waals surface area contributed by atoms with Gasteiger partial charge < -0.3 is 178 Å². The van der Waals surface area contributed by atoms with E-state index in [1.807, 2.05) is 0 Å². The summed E-state index contributed by atoms with van der Waals surface area (Å²) in [5.41, 5.74) is 0. The average Bonchev–Trinajstić information content (AvgIpc) is 0.941. The van der Waals surface area contributed by atoms with Crippen LogP contribution in [-0.4, -0.2) is 134 Å². The van der Waals surface area contributed by atoms with Crippen molar-refractivity contribution in [3.63, 3.8) is 0 Å². The molecule has 0 aliphatic carbocycles. The van der Waals surface area contributed by atoms with E-state index < -0.39 is 0 Å². The molecule has 0 heterocycles. The molecule has 0 N–H and O–H groups in total. The number of rotatable bonds is 72. The molecule has 0 radical (unpaired) electrons. The Bertz CT molecular complexity index is 1750. The minimum absolute atomic E-state index is 0. The van der Waals surface area contributed by atoms with Gasteiger partial charge in [-0.05, 0) is 148 Å². The fraction of sp³-hybridized carbons (Fsp3) is 0.941. The van der Waals surface area contributed by atoms with Crippen molar-refractivity contribution in [1.29, 1.82) is 0 Å². The first-order valence-corrected chi connectivity index (χ1v) is 56.2. The molecule has 12 atom stereocenters. The number of hydrogen-bond donors (Lipinski definition) is 0. The van der Waals surface area contributed by atoms with Crippen molar-refractivity contribution in [2.24, 2.45) is 71.0 Å². The largest absolute Gasteiger partial charge is 0.411 e. The molecule has 0 bridgehead atoms. The molecule has 19 heteroatoms. The smallest absolute Gasteiger partial charge is 0.0190 e. The summed E-state index contributed by atoms with van der Waals surface area (Å²) >= 11 is 63.8. The summed E-state index contributed by atoms with van der Waals surface area (Å²) in [7, 11) is 0. The van der Waals surface area contributed by atoms with E-state index in [-0.39, 0.29) is 21.1 Å². The molecule has 0 fully saturated rings. The Labute approximate surface area is 841 Å². The summed E-state index contributed by atoms with van der Waals surface area (Å²) in [6, 6.07) is 0. The average molecular weight is 2000 g/mol. The second-order valence-corrected chi connectivity index (χ2v) is 42.2. The summed E-state index contributed by atoms with van der Waals surface area (Å²) in [6.07, 6.45) is 61.8. The monoisotopic (exact) mass is 2000 g/mol. The van der Waals surface area contributed by atoms with Crippen LogP contribution in [0.5, 0.6) is 0 Å². The Kier molecular flexibility index (Phi) is 111. The molecule has 0 aromatic rings. The van der Waals surface area contributed by atoms with Crippen molar-refractivity contribution in [3.05, 3.63) is 0 Å². The van der Waals surface area contributed by atoms with Crippen LogP contribution >= 0.6 is 73.3 Å². The molecule has 0 saturated carbocycles. The third-order valence-electron chi connectivity index (χ3n) is 25.8. The maximum Gasteiger partial charge on any atom is 0.0190 e. The first-order chi connectivity index (χ1) is 57.5. The molecule has 726 valence electrons. The van der Waals surface area contributed by atoms with Crippen molar-refractivity contribution in [1.82, 2.24) is 29.4 Å². The summed E-state index contributed by atoms with van der Waals surface area (Å²) < 4.78 is 4.05. The zero-order chi connectivity index (χ0) is 92.3. The van der Waals surface area contributed by atoms with Gasteiger partial charge in [-0.3, -0.25) is 0 Å². The second-order valence-electron chi connectivity index (χ2n) is 36.0. The Balaban J connectivity index is -0.000000257. The molecule has 0 rings (SSSR count). The quantitative estimate of drug-likeness (QED) is 0.0327. The van der Waals surface area contributed by atoms with Crippen LogP contribution in [0.3, 0.4) is 0 Å². The molecule has 0 saturated heterocycles. The van der Waals surface area contributed by atoms with Gasteiger partial charge in [0.25, 0.3) is 0 Å². The number of thiocarbonyl (C=S) groups is 6. The second kappa shape index (κ2) is 98.8. The van der Waals surface area contributed by atoms with Gasteiger partial charge in [-0.25, -0.2) is 0 Å². The summed E-state index contributed by atoms with van der Waals surface area (Å²) in [5.74, 6) is 8.99. The van der Waals surface area contributed by atoms with Crippen molar-refractivity contribution in [2.45, 2.75) is 474 Å². The number of unbranched alkanes of at least 4 members (excludes halogenated alkanes) is 12. The molecule has 0 aliphatic rings. The minimum atomic E-state index is 0. The molecule has 0 spiro atoms. The Morgan fingerprint density at radius 1 is 0.157 bits per heavy atom. The Morgan fingerprint density at radius 2 is 0.223 bits per heavy atom. The van der Waals surface area contributed by atoms with Gasteiger partial charge >= 0.3 is 0 Å². The van der Waals surface area contributed by atoms with Gasteiger partial charge in [-0.1, -0.05) is 423 Å². The molecule has 6 nitrogen and oxygen atoms in total. The number of nitrogens with zero attached hydrogens (tertiary/aromatic N) is 6. The van der Waals surface area contributed by atoms with E-state index in [0.717, 1.165) is 150 Å². The summed E-state index contributed by atoms with van der Waals surface area (Å²) in [4.78, 5) is 13.8. The van der Waals surface area contributed by atoms with Crippen molar-refractivity contribution < 1.29 is 21.1 Å². The zero-order valence-electron chi connectivity index (χ0n) is 84.3. The van der Waals surface area contributed by atoms with Crippen molar-refractivity contribution in [2.75, 3.05) is 78.5 Å². The number of hydrogen-bond acceptors (Lipinski definition) is 12. The van der Waals surface area contributed by atoms with Crippen molar-refractivity contribution in [3.8, 4) is 0 Å². The van der Waals surface area contributed by atoms with Crippen LogP contribution in [0.15, 0.2) is 0 Å². The van der Waals surface area contributed by atoms with Crippen molar-refractivity contribution >= 4 is 175 Å². The maximum absolute atomic E-state index is 5.32. The predicted molar refractivity (Wildman–Crippen MR) is 589 cm³/mol. The van der Waals surface area contributed by atoms with Gasteiger partial charge in [-0.15, -0.1) is 0 Å². The molecule has 0 aromatic carbocycles. The zero-order valence-corrected chi connectivity index (χ0v) is 96.2. The Morgan fingerprint density at radius 3 is 0.264 bits per heavy atom. The van der Waals surface area contributed by atoms with E-state index in [9.17, 15) is 0 Å². The summed E-state index contributed by atoms with van der Waals surface area (Å²) in [5, 5.41) is 0. The van der Waals surface area contributed by atoms with Crippen LogP contribution in [0.2, 0.25) is 0 Å². The van der Waals surface area contributed by atoms with E-state index in [2.05, 4.69) is 196 Å². The fourth-order valence-corrected chi connectivity index (χ4v) is 17.9. The Hall–Kier alpha value is 1.35. The van der Waals surface area contributed by atoms with Crippen LogP contribution in [-0.2, 0) is 96.8 Å². The molecule has 0 amide bonds. The molecule has 121 heavy (non-hydrogen) atoms. The topological polar surface area (TPSA) is 19.4 Å². The molecule has 0 aliphatic heterocycles. The van der Waals surface area contributed by atoms with E-state index in [1.54, 1.807) is 0 Å². The van der Waals surface area contributed by atoms with Gasteiger partial charge in [0.05, 0.1) is 0 Å². The van der Waals surface area contributed by atoms with E-state index in [0.29, 0.717) is 25.9 Å². The normalized spacial score (nSPS) is 13.9. The fourth-order valence-electron chi connectivity index (χ4n) is 16.1. The molecular formula is C102H204MoN6S12-6. The van der Waals surface area contributed by atoms with Crippen LogP contribution in [0.4, 0.5) is 0 Å². The van der Waals surface area contributed by atoms with E-state index >= 15 is 0 Å². The van der Waals surface area contributed by atoms with Gasteiger partial charge in [0, 0.05) is 99.6 Å². The van der Waals surface area contributed by atoms with Gasteiger partial charge in [0.1, 0.15) is 0 Å². The van der Waals surface area contributed by atoms with Crippen LogP contribution in [0.1, 0.15) is 474 Å². The van der Waals surface area contributed by atoms with E-state index in [1.165, 1.54) is 308 Å². The third kappa shape index (κ3) is 81.8.